The summed E-state index contributed by atoms with van der Waals surface area (Å²) in [5.41, 5.74) is 3.31. The van der Waals surface area contributed by atoms with E-state index in [1.54, 1.807) is 5.57 Å². The summed E-state index contributed by atoms with van der Waals surface area (Å²) >= 11 is 0. The highest BCUT2D eigenvalue weighted by atomic mass is 16.6. The third-order valence-corrected chi connectivity index (χ3v) is 6.05. The normalized spacial score (nSPS) is 48.2. The van der Waals surface area contributed by atoms with E-state index in [1.807, 2.05) is 0 Å². The predicted octanol–water partition coefficient (Wildman–Crippen LogP) is 5.19. The minimum absolute atomic E-state index is 0.120. The summed E-state index contributed by atoms with van der Waals surface area (Å²) in [6.45, 7) is 10.1. The van der Waals surface area contributed by atoms with Crippen LogP contribution in [-0.2, 0) is 9.47 Å². The van der Waals surface area contributed by atoms with Crippen molar-refractivity contribution in [1.29, 1.82) is 0 Å². The van der Waals surface area contributed by atoms with Crippen molar-refractivity contribution >= 4 is 0 Å². The minimum Gasteiger partial charge on any atom is -0.370 e. The van der Waals surface area contributed by atoms with Crippen molar-refractivity contribution in [2.75, 3.05) is 6.61 Å². The number of hydrogen-bond acceptors (Lipinski definition) is 2. The summed E-state index contributed by atoms with van der Waals surface area (Å²) in [4.78, 5) is 0. The highest BCUT2D eigenvalue weighted by Gasteiger charge is 2.56. The summed E-state index contributed by atoms with van der Waals surface area (Å²) < 4.78 is 11.9. The van der Waals surface area contributed by atoms with E-state index in [0.29, 0.717) is 12.0 Å². The van der Waals surface area contributed by atoms with Gasteiger partial charge in [0.2, 0.25) is 0 Å². The van der Waals surface area contributed by atoms with Crippen LogP contribution in [0.25, 0.3) is 0 Å². The molecule has 0 aromatic heterocycles. The molecule has 0 N–H and O–H groups in total. The molecule has 0 aromatic carbocycles. The first-order valence-corrected chi connectivity index (χ1v) is 9.04. The van der Waals surface area contributed by atoms with Gasteiger partial charge in [-0.15, -0.1) is 0 Å². The SMILES string of the molecule is C/C1=C\CC[C@@]2(C)O[C@H]2C[C@@H](C2(C)CO2)CC/C(C)=C/CC1. The van der Waals surface area contributed by atoms with Gasteiger partial charge in [0, 0.05) is 0 Å². The number of rotatable bonds is 1. The van der Waals surface area contributed by atoms with Crippen molar-refractivity contribution in [2.24, 2.45) is 5.92 Å². The Morgan fingerprint density at radius 3 is 2.41 bits per heavy atom. The van der Waals surface area contributed by atoms with Crippen molar-refractivity contribution in [3.63, 3.8) is 0 Å². The smallest absolute Gasteiger partial charge is 0.0923 e. The molecule has 3 aliphatic rings. The van der Waals surface area contributed by atoms with Gasteiger partial charge >= 0.3 is 0 Å². The first kappa shape index (κ1) is 16.3. The number of ether oxygens (including phenoxy) is 2. The van der Waals surface area contributed by atoms with Gasteiger partial charge < -0.3 is 9.47 Å². The maximum Gasteiger partial charge on any atom is 0.0923 e. The van der Waals surface area contributed by atoms with Gasteiger partial charge in [0.05, 0.1) is 23.9 Å². The monoisotopic (exact) mass is 304 g/mol. The summed E-state index contributed by atoms with van der Waals surface area (Å²) in [5, 5.41) is 0. The number of hydrogen-bond donors (Lipinski definition) is 0. The molecule has 2 nitrogen and oxygen atoms in total. The van der Waals surface area contributed by atoms with Gasteiger partial charge in [0.1, 0.15) is 0 Å². The zero-order chi connectivity index (χ0) is 15.8. The molecule has 4 atom stereocenters. The van der Waals surface area contributed by atoms with E-state index in [-0.39, 0.29) is 11.2 Å². The van der Waals surface area contributed by atoms with E-state index in [9.17, 15) is 0 Å². The summed E-state index contributed by atoms with van der Waals surface area (Å²) in [7, 11) is 0. The van der Waals surface area contributed by atoms with E-state index < -0.39 is 0 Å². The molecule has 0 spiro atoms. The molecule has 1 aliphatic carbocycles. The zero-order valence-corrected chi connectivity index (χ0v) is 14.8. The molecule has 2 saturated heterocycles. The number of fused-ring (bicyclic) bond motifs is 1. The quantitative estimate of drug-likeness (QED) is 0.492. The average Bonchev–Trinajstić information content (AvgIpc) is 3.33. The number of allylic oxidation sites excluding steroid dienone is 4. The molecule has 0 saturated carbocycles. The third kappa shape index (κ3) is 3.83. The lowest BCUT2D eigenvalue weighted by Gasteiger charge is -2.21. The van der Waals surface area contributed by atoms with Crippen LogP contribution < -0.4 is 0 Å². The van der Waals surface area contributed by atoms with Gasteiger partial charge in [-0.3, -0.25) is 0 Å². The number of epoxide rings is 2. The Morgan fingerprint density at radius 2 is 1.68 bits per heavy atom. The van der Waals surface area contributed by atoms with Crippen LogP contribution in [0.3, 0.4) is 0 Å². The Morgan fingerprint density at radius 1 is 1.00 bits per heavy atom. The molecule has 3 rings (SSSR count). The predicted molar refractivity (Wildman–Crippen MR) is 91.0 cm³/mol. The second-order valence-electron chi connectivity index (χ2n) is 8.17. The molecule has 1 unspecified atom stereocenters. The molecule has 2 fully saturated rings. The molecular formula is C20H32O2. The Labute approximate surface area is 136 Å². The summed E-state index contributed by atoms with van der Waals surface area (Å²) in [6, 6.07) is 0. The molecule has 0 amide bonds. The lowest BCUT2D eigenvalue weighted by atomic mass is 9.82. The van der Waals surface area contributed by atoms with Gasteiger partial charge in [-0.2, -0.15) is 0 Å². The zero-order valence-electron chi connectivity index (χ0n) is 14.8. The first-order valence-electron chi connectivity index (χ1n) is 9.04. The fourth-order valence-electron chi connectivity index (χ4n) is 3.85. The van der Waals surface area contributed by atoms with Crippen LogP contribution in [0.2, 0.25) is 0 Å². The molecule has 0 bridgehead atoms. The topological polar surface area (TPSA) is 25.1 Å². The molecule has 0 radical (unpaired) electrons. The van der Waals surface area contributed by atoms with Crippen LogP contribution >= 0.6 is 0 Å². The molecule has 2 heterocycles. The van der Waals surface area contributed by atoms with Crippen molar-refractivity contribution < 1.29 is 9.47 Å². The van der Waals surface area contributed by atoms with Crippen molar-refractivity contribution in [3.05, 3.63) is 23.3 Å². The lowest BCUT2D eigenvalue weighted by Crippen LogP contribution is -2.24. The fraction of sp³-hybridized carbons (Fsp3) is 0.800. The van der Waals surface area contributed by atoms with Crippen LogP contribution in [0.5, 0.6) is 0 Å². The summed E-state index contributed by atoms with van der Waals surface area (Å²) in [6.07, 6.45) is 13.6. The highest BCUT2D eigenvalue weighted by molar-refractivity contribution is 5.09. The van der Waals surface area contributed by atoms with Gasteiger partial charge in [-0.1, -0.05) is 23.3 Å². The second kappa shape index (κ2) is 6.13. The van der Waals surface area contributed by atoms with Gasteiger partial charge in [-0.25, -0.2) is 0 Å². The highest BCUT2D eigenvalue weighted by Crippen LogP contribution is 2.49. The molecular weight excluding hydrogens is 272 g/mol. The standard InChI is InChI=1S/C20H32O2/c1-15-7-5-8-16(2)10-11-17(20(4)14-21-20)13-18-19(3,22-18)12-6-9-15/h8-9,17-18H,5-7,10-14H2,1-4H3/b15-9+,16-8+/t17-,18-,19+,20?/m0/s1. The van der Waals surface area contributed by atoms with Gasteiger partial charge in [-0.05, 0) is 78.6 Å². The molecule has 22 heavy (non-hydrogen) atoms. The average molecular weight is 304 g/mol. The Bertz CT molecular complexity index is 472. The van der Waals surface area contributed by atoms with Crippen LogP contribution in [-0.4, -0.2) is 23.9 Å². The van der Waals surface area contributed by atoms with Crippen LogP contribution in [0.15, 0.2) is 23.3 Å². The Kier molecular flexibility index (Phi) is 4.53. The fourth-order valence-corrected chi connectivity index (χ4v) is 3.85. The third-order valence-electron chi connectivity index (χ3n) is 6.05. The molecule has 2 aliphatic heterocycles. The van der Waals surface area contributed by atoms with Gasteiger partial charge in [0.15, 0.2) is 0 Å². The lowest BCUT2D eigenvalue weighted by molar-refractivity contribution is 0.199. The maximum atomic E-state index is 6.10. The van der Waals surface area contributed by atoms with Gasteiger partial charge in [0.25, 0.3) is 0 Å². The molecule has 0 aromatic rings. The van der Waals surface area contributed by atoms with Crippen LogP contribution in [0, 0.1) is 5.92 Å². The first-order chi connectivity index (χ1) is 10.4. The second-order valence-corrected chi connectivity index (χ2v) is 8.17. The van der Waals surface area contributed by atoms with E-state index in [2.05, 4.69) is 39.8 Å². The Hall–Kier alpha value is -0.600. The van der Waals surface area contributed by atoms with E-state index in [4.69, 9.17) is 9.47 Å². The largest absolute Gasteiger partial charge is 0.370 e. The van der Waals surface area contributed by atoms with Crippen molar-refractivity contribution in [3.8, 4) is 0 Å². The van der Waals surface area contributed by atoms with Crippen molar-refractivity contribution in [2.45, 2.75) is 89.9 Å². The molecule has 2 heteroatoms. The van der Waals surface area contributed by atoms with E-state index >= 15 is 0 Å². The van der Waals surface area contributed by atoms with Crippen LogP contribution in [0.4, 0.5) is 0 Å². The van der Waals surface area contributed by atoms with E-state index in [1.165, 1.54) is 37.7 Å². The van der Waals surface area contributed by atoms with Crippen molar-refractivity contribution in [1.82, 2.24) is 0 Å². The maximum absolute atomic E-state index is 6.10. The van der Waals surface area contributed by atoms with Crippen LogP contribution in [0.1, 0.15) is 72.6 Å². The minimum atomic E-state index is 0.120. The summed E-state index contributed by atoms with van der Waals surface area (Å²) in [5.74, 6) is 0.642. The van der Waals surface area contributed by atoms with E-state index in [0.717, 1.165) is 19.4 Å². The Balaban J connectivity index is 1.69. The molecule has 124 valence electrons.